The van der Waals surface area contributed by atoms with Crippen molar-refractivity contribution in [3.8, 4) is 20.9 Å². The Kier molecular flexibility index (Phi) is 3.42. The van der Waals surface area contributed by atoms with Gasteiger partial charge in [0.1, 0.15) is 0 Å². The van der Waals surface area contributed by atoms with E-state index in [0.717, 1.165) is 10.4 Å². The molecule has 0 atom stereocenters. The molecule has 0 saturated heterocycles. The lowest BCUT2D eigenvalue weighted by atomic mass is 10.1. The maximum Gasteiger partial charge on any atom is 0.270 e. The molecule has 23 heavy (non-hydrogen) atoms. The van der Waals surface area contributed by atoms with E-state index in [0.29, 0.717) is 5.92 Å². The molecule has 0 radical (unpaired) electrons. The van der Waals surface area contributed by atoms with Crippen LogP contribution in [0.3, 0.4) is 0 Å². The van der Waals surface area contributed by atoms with E-state index in [-0.39, 0.29) is 10.6 Å². The molecule has 2 heterocycles. The van der Waals surface area contributed by atoms with Crippen molar-refractivity contribution in [3.05, 3.63) is 70.5 Å². The molecule has 114 valence electrons. The molecule has 3 aromatic rings. The Morgan fingerprint density at radius 1 is 1.13 bits per heavy atom. The van der Waals surface area contributed by atoms with Crippen LogP contribution in [0.2, 0.25) is 0 Å². The van der Waals surface area contributed by atoms with E-state index >= 15 is 0 Å². The lowest BCUT2D eigenvalue weighted by Crippen LogP contribution is -1.87. The van der Waals surface area contributed by atoms with E-state index in [2.05, 4.69) is 17.1 Å². The van der Waals surface area contributed by atoms with E-state index < -0.39 is 0 Å². The number of benzene rings is 1. The highest BCUT2D eigenvalue weighted by Crippen LogP contribution is 2.46. The van der Waals surface area contributed by atoms with Gasteiger partial charge in [-0.1, -0.05) is 12.1 Å². The molecule has 1 aliphatic carbocycles. The van der Waals surface area contributed by atoms with Gasteiger partial charge in [0.15, 0.2) is 0 Å². The fraction of sp³-hybridized carbons (Fsp3) is 0.167. The molecule has 1 aromatic carbocycles. The van der Waals surface area contributed by atoms with Crippen molar-refractivity contribution < 1.29 is 4.92 Å². The smallest absolute Gasteiger partial charge is 0.264 e. The van der Waals surface area contributed by atoms with E-state index in [1.807, 2.05) is 24.5 Å². The Balaban J connectivity index is 1.72. The van der Waals surface area contributed by atoms with Gasteiger partial charge in [-0.15, -0.1) is 11.3 Å². The second-order valence-electron chi connectivity index (χ2n) is 5.71. The van der Waals surface area contributed by atoms with Gasteiger partial charge < -0.3 is 0 Å². The molecular weight excluding hydrogens is 308 g/mol. The first kappa shape index (κ1) is 14.1. The average molecular weight is 322 g/mol. The number of aromatic nitrogens is 1. The number of hydrogen-bond acceptors (Lipinski definition) is 4. The van der Waals surface area contributed by atoms with E-state index in [1.165, 1.54) is 34.9 Å². The number of pyridine rings is 1. The Morgan fingerprint density at radius 2 is 1.96 bits per heavy atom. The predicted molar refractivity (Wildman–Crippen MR) is 91.6 cm³/mol. The van der Waals surface area contributed by atoms with Gasteiger partial charge in [0, 0.05) is 39.8 Å². The van der Waals surface area contributed by atoms with Gasteiger partial charge >= 0.3 is 0 Å². The first-order valence-corrected chi connectivity index (χ1v) is 8.33. The molecule has 0 aliphatic heterocycles. The van der Waals surface area contributed by atoms with Crippen LogP contribution >= 0.6 is 11.3 Å². The number of nitrogens with zero attached hydrogens (tertiary/aromatic N) is 2. The third-order valence-electron chi connectivity index (χ3n) is 4.08. The largest absolute Gasteiger partial charge is 0.270 e. The molecule has 5 heteroatoms. The van der Waals surface area contributed by atoms with Gasteiger partial charge in [-0.25, -0.2) is 0 Å². The highest BCUT2D eigenvalue weighted by atomic mass is 32.1. The molecule has 4 rings (SSSR count). The number of thiophene rings is 1. The monoisotopic (exact) mass is 322 g/mol. The summed E-state index contributed by atoms with van der Waals surface area (Å²) in [6.07, 6.45) is 6.28. The summed E-state index contributed by atoms with van der Waals surface area (Å²) in [7, 11) is 0. The van der Waals surface area contributed by atoms with Crippen molar-refractivity contribution in [2.45, 2.75) is 18.8 Å². The quantitative estimate of drug-likeness (QED) is 0.486. The SMILES string of the molecule is O=[N+]([O-])c1cccc(-c2ccc(-c3cnccc3C3CC3)s2)c1. The molecule has 2 aromatic heterocycles. The van der Waals surface area contributed by atoms with Crippen molar-refractivity contribution in [2.24, 2.45) is 0 Å². The Morgan fingerprint density at radius 3 is 2.74 bits per heavy atom. The summed E-state index contributed by atoms with van der Waals surface area (Å²) in [5.74, 6) is 0.663. The zero-order valence-electron chi connectivity index (χ0n) is 12.3. The molecule has 0 amide bonds. The fourth-order valence-electron chi connectivity index (χ4n) is 2.77. The van der Waals surface area contributed by atoms with Crippen LogP contribution in [-0.4, -0.2) is 9.91 Å². The molecule has 1 aliphatic rings. The third kappa shape index (κ3) is 2.75. The maximum atomic E-state index is 10.9. The second-order valence-corrected chi connectivity index (χ2v) is 6.79. The minimum atomic E-state index is -0.357. The fourth-order valence-corrected chi connectivity index (χ4v) is 3.81. The van der Waals surface area contributed by atoms with E-state index in [9.17, 15) is 10.1 Å². The number of hydrogen-bond donors (Lipinski definition) is 0. The van der Waals surface area contributed by atoms with E-state index in [1.54, 1.807) is 23.5 Å². The highest BCUT2D eigenvalue weighted by molar-refractivity contribution is 7.18. The van der Waals surface area contributed by atoms with Crippen molar-refractivity contribution in [3.63, 3.8) is 0 Å². The van der Waals surface area contributed by atoms with Crippen molar-refractivity contribution in [2.75, 3.05) is 0 Å². The van der Waals surface area contributed by atoms with Crippen LogP contribution in [0.5, 0.6) is 0 Å². The topological polar surface area (TPSA) is 56.0 Å². The zero-order chi connectivity index (χ0) is 15.8. The predicted octanol–water partition coefficient (Wildman–Crippen LogP) is 5.26. The van der Waals surface area contributed by atoms with Crippen LogP contribution in [0.25, 0.3) is 20.9 Å². The lowest BCUT2D eigenvalue weighted by Gasteiger charge is -2.05. The molecule has 0 unspecified atom stereocenters. The first-order valence-electron chi connectivity index (χ1n) is 7.51. The van der Waals surface area contributed by atoms with E-state index in [4.69, 9.17) is 0 Å². The highest BCUT2D eigenvalue weighted by Gasteiger charge is 2.26. The van der Waals surface area contributed by atoms with Crippen LogP contribution < -0.4 is 0 Å². The summed E-state index contributed by atoms with van der Waals surface area (Å²) in [5.41, 5.74) is 3.56. The van der Waals surface area contributed by atoms with Gasteiger partial charge in [0.2, 0.25) is 0 Å². The third-order valence-corrected chi connectivity index (χ3v) is 5.25. The number of nitro groups is 1. The standard InChI is InChI=1S/C18H14N2O2S/c21-20(22)14-3-1-2-13(10-14)17-6-7-18(23-17)16-11-19-9-8-15(16)12-4-5-12/h1-3,6-12H,4-5H2. The van der Waals surface area contributed by atoms with Gasteiger partial charge in [0.05, 0.1) is 4.92 Å². The van der Waals surface area contributed by atoms with Gasteiger partial charge in [-0.2, -0.15) is 0 Å². The minimum absolute atomic E-state index is 0.123. The van der Waals surface area contributed by atoms with Gasteiger partial charge in [-0.3, -0.25) is 15.1 Å². The Bertz CT molecular complexity index is 884. The molecule has 4 nitrogen and oxygen atoms in total. The Labute approximate surface area is 137 Å². The van der Waals surface area contributed by atoms with Crippen molar-refractivity contribution >= 4 is 17.0 Å². The molecule has 1 fully saturated rings. The molecule has 1 saturated carbocycles. The molecular formula is C18H14N2O2S. The van der Waals surface area contributed by atoms with Crippen LogP contribution in [0.15, 0.2) is 54.9 Å². The first-order chi connectivity index (χ1) is 11.2. The normalized spacial score (nSPS) is 13.9. The van der Waals surface area contributed by atoms with Crippen LogP contribution in [0.1, 0.15) is 24.3 Å². The Hall–Kier alpha value is -2.53. The minimum Gasteiger partial charge on any atom is -0.264 e. The number of nitro benzene ring substituents is 1. The van der Waals surface area contributed by atoms with Crippen molar-refractivity contribution in [1.29, 1.82) is 0 Å². The molecule has 0 N–H and O–H groups in total. The van der Waals surface area contributed by atoms with Gasteiger partial charge in [-0.05, 0) is 48.1 Å². The van der Waals surface area contributed by atoms with Gasteiger partial charge in [0.25, 0.3) is 5.69 Å². The summed E-state index contributed by atoms with van der Waals surface area (Å²) in [5, 5.41) is 10.9. The van der Waals surface area contributed by atoms with Crippen LogP contribution in [0.4, 0.5) is 5.69 Å². The summed E-state index contributed by atoms with van der Waals surface area (Å²) in [6, 6.07) is 13.0. The second kappa shape index (κ2) is 5.59. The lowest BCUT2D eigenvalue weighted by molar-refractivity contribution is -0.384. The summed E-state index contributed by atoms with van der Waals surface area (Å²) >= 11 is 1.66. The number of non-ortho nitro benzene ring substituents is 1. The summed E-state index contributed by atoms with van der Waals surface area (Å²) < 4.78 is 0. The maximum absolute atomic E-state index is 10.9. The molecule has 0 spiro atoms. The molecule has 0 bridgehead atoms. The summed E-state index contributed by atoms with van der Waals surface area (Å²) in [4.78, 5) is 17.1. The average Bonchev–Trinajstić information content (AvgIpc) is 3.31. The zero-order valence-corrected chi connectivity index (χ0v) is 13.1. The van der Waals surface area contributed by atoms with Crippen molar-refractivity contribution in [1.82, 2.24) is 4.98 Å². The van der Waals surface area contributed by atoms with Crippen LogP contribution in [0, 0.1) is 10.1 Å². The van der Waals surface area contributed by atoms with Crippen LogP contribution in [-0.2, 0) is 0 Å². The number of rotatable bonds is 4. The summed E-state index contributed by atoms with van der Waals surface area (Å²) in [6.45, 7) is 0.